The largest absolute Gasteiger partial charge is 0.497 e. The van der Waals surface area contributed by atoms with Gasteiger partial charge < -0.3 is 20.6 Å². The fourth-order valence-corrected chi connectivity index (χ4v) is 3.45. The zero-order valence-corrected chi connectivity index (χ0v) is 18.0. The molecule has 158 valence electrons. The summed E-state index contributed by atoms with van der Waals surface area (Å²) in [7, 11) is 1.59. The molecule has 1 heterocycles. The van der Waals surface area contributed by atoms with Gasteiger partial charge in [-0.15, -0.1) is 10.2 Å². The number of nitrogens with one attached hydrogen (secondary N) is 1. The van der Waals surface area contributed by atoms with Crippen LogP contribution in [0.1, 0.15) is 31.2 Å². The van der Waals surface area contributed by atoms with E-state index in [-0.39, 0.29) is 18.3 Å². The molecule has 3 N–H and O–H groups in total. The molecular weight excluding hydrogens is 402 g/mol. The highest BCUT2D eigenvalue weighted by Crippen LogP contribution is 2.24. The third-order valence-electron chi connectivity index (χ3n) is 4.33. The molecule has 2 aromatic carbocycles. The molecule has 3 rings (SSSR count). The molecular formula is C21H25N5O3S. The van der Waals surface area contributed by atoms with Crippen molar-refractivity contribution in [2.24, 2.45) is 0 Å². The number of carbonyl (C=O) groups excluding carboxylic acids is 1. The van der Waals surface area contributed by atoms with Crippen molar-refractivity contribution >= 4 is 23.4 Å². The molecule has 0 fully saturated rings. The lowest BCUT2D eigenvalue weighted by Crippen LogP contribution is -2.18. The van der Waals surface area contributed by atoms with Gasteiger partial charge in [0.1, 0.15) is 18.1 Å². The van der Waals surface area contributed by atoms with E-state index < -0.39 is 0 Å². The Balaban J connectivity index is 1.55. The van der Waals surface area contributed by atoms with Crippen LogP contribution in [0.2, 0.25) is 0 Å². The third kappa shape index (κ3) is 5.44. The van der Waals surface area contributed by atoms with Crippen LogP contribution in [0, 0.1) is 0 Å². The summed E-state index contributed by atoms with van der Waals surface area (Å²) < 4.78 is 12.2. The van der Waals surface area contributed by atoms with Crippen molar-refractivity contribution in [1.82, 2.24) is 14.9 Å². The quantitative estimate of drug-likeness (QED) is 0.398. The van der Waals surface area contributed by atoms with E-state index in [1.165, 1.54) is 16.4 Å². The maximum absolute atomic E-state index is 12.4. The maximum Gasteiger partial charge on any atom is 0.234 e. The van der Waals surface area contributed by atoms with Crippen LogP contribution in [-0.4, -0.2) is 33.6 Å². The molecule has 0 saturated carbocycles. The normalized spacial score (nSPS) is 10.8. The molecule has 0 saturated heterocycles. The summed E-state index contributed by atoms with van der Waals surface area (Å²) in [5, 5.41) is 11.5. The number of hydrogen-bond acceptors (Lipinski definition) is 7. The van der Waals surface area contributed by atoms with Gasteiger partial charge in [0.15, 0.2) is 5.82 Å². The van der Waals surface area contributed by atoms with Crippen molar-refractivity contribution in [3.63, 3.8) is 0 Å². The first-order chi connectivity index (χ1) is 14.5. The van der Waals surface area contributed by atoms with Crippen molar-refractivity contribution < 1.29 is 14.3 Å². The predicted molar refractivity (Wildman–Crippen MR) is 117 cm³/mol. The average molecular weight is 428 g/mol. The SMILES string of the molecule is COc1cccc(OCc2nnc(SCC(=O)Nc3ccccc3C(C)C)n2N)c1. The number of nitrogens with two attached hydrogens (primary N) is 1. The van der Waals surface area contributed by atoms with Gasteiger partial charge in [-0.05, 0) is 29.7 Å². The minimum atomic E-state index is -0.134. The number of benzene rings is 2. The number of carbonyl (C=O) groups is 1. The monoisotopic (exact) mass is 427 g/mol. The second-order valence-electron chi connectivity index (χ2n) is 6.82. The van der Waals surface area contributed by atoms with Gasteiger partial charge in [0, 0.05) is 11.8 Å². The molecule has 3 aromatic rings. The summed E-state index contributed by atoms with van der Waals surface area (Å²) in [6.45, 7) is 4.32. The van der Waals surface area contributed by atoms with Crippen LogP contribution in [-0.2, 0) is 11.4 Å². The fourth-order valence-electron chi connectivity index (χ4n) is 2.77. The zero-order chi connectivity index (χ0) is 21.5. The molecule has 0 spiro atoms. The Labute approximate surface area is 179 Å². The number of nitrogens with zero attached hydrogens (tertiary/aromatic N) is 3. The van der Waals surface area contributed by atoms with Gasteiger partial charge in [0.25, 0.3) is 0 Å². The molecule has 0 aliphatic rings. The number of amides is 1. The van der Waals surface area contributed by atoms with E-state index in [2.05, 4.69) is 29.4 Å². The minimum Gasteiger partial charge on any atom is -0.497 e. The van der Waals surface area contributed by atoms with Crippen molar-refractivity contribution in [3.8, 4) is 11.5 Å². The zero-order valence-electron chi connectivity index (χ0n) is 17.2. The Morgan fingerprint density at radius 2 is 1.93 bits per heavy atom. The molecule has 0 bridgehead atoms. The number of nitrogen functional groups attached to an aromatic ring is 1. The minimum absolute atomic E-state index is 0.134. The van der Waals surface area contributed by atoms with Crippen LogP contribution < -0.4 is 20.6 Å². The number of thioether (sulfide) groups is 1. The number of methoxy groups -OCH3 is 1. The Hall–Kier alpha value is -3.20. The number of hydrogen-bond donors (Lipinski definition) is 2. The van der Waals surface area contributed by atoms with Gasteiger partial charge in [0.2, 0.25) is 11.1 Å². The molecule has 1 aromatic heterocycles. The summed E-state index contributed by atoms with van der Waals surface area (Å²) in [4.78, 5) is 12.4. The van der Waals surface area contributed by atoms with E-state index in [0.717, 1.165) is 11.3 Å². The molecule has 1 amide bonds. The predicted octanol–water partition coefficient (Wildman–Crippen LogP) is 3.43. The first kappa shape index (κ1) is 21.5. The number of rotatable bonds is 9. The lowest BCUT2D eigenvalue weighted by Gasteiger charge is -2.13. The standard InChI is InChI=1S/C21H25N5O3S/c1-14(2)17-9-4-5-10-18(17)23-20(27)13-30-21-25-24-19(26(21)22)12-29-16-8-6-7-15(11-16)28-3/h4-11,14H,12-13,22H2,1-3H3,(H,23,27). The molecule has 0 aliphatic carbocycles. The van der Waals surface area contributed by atoms with Crippen LogP contribution in [0.3, 0.4) is 0 Å². The van der Waals surface area contributed by atoms with Crippen LogP contribution in [0.5, 0.6) is 11.5 Å². The topological polar surface area (TPSA) is 104 Å². The van der Waals surface area contributed by atoms with Gasteiger partial charge in [-0.2, -0.15) is 0 Å². The first-order valence-corrected chi connectivity index (χ1v) is 10.4. The fraction of sp³-hybridized carbons (Fsp3) is 0.286. The summed E-state index contributed by atoms with van der Waals surface area (Å²) in [6.07, 6.45) is 0. The Morgan fingerprint density at radius 3 is 2.70 bits per heavy atom. The summed E-state index contributed by atoms with van der Waals surface area (Å²) >= 11 is 1.21. The van der Waals surface area contributed by atoms with Crippen molar-refractivity contribution in [3.05, 3.63) is 59.9 Å². The van der Waals surface area contributed by atoms with E-state index in [1.54, 1.807) is 13.2 Å². The van der Waals surface area contributed by atoms with Crippen LogP contribution in [0.4, 0.5) is 5.69 Å². The van der Waals surface area contributed by atoms with E-state index in [0.29, 0.717) is 28.4 Å². The molecule has 0 atom stereocenters. The lowest BCUT2D eigenvalue weighted by atomic mass is 10.0. The number of aromatic nitrogens is 3. The highest BCUT2D eigenvalue weighted by atomic mass is 32.2. The van der Waals surface area contributed by atoms with E-state index >= 15 is 0 Å². The summed E-state index contributed by atoms with van der Waals surface area (Å²) in [6, 6.07) is 15.0. The molecule has 9 heteroatoms. The van der Waals surface area contributed by atoms with Crippen molar-refractivity contribution in [1.29, 1.82) is 0 Å². The summed E-state index contributed by atoms with van der Waals surface area (Å²) in [5.41, 5.74) is 1.91. The van der Waals surface area contributed by atoms with E-state index in [1.807, 2.05) is 42.5 Å². The van der Waals surface area contributed by atoms with Gasteiger partial charge in [-0.1, -0.05) is 49.9 Å². The molecule has 0 aliphatic heterocycles. The smallest absolute Gasteiger partial charge is 0.234 e. The number of ether oxygens (including phenoxy) is 2. The van der Waals surface area contributed by atoms with Gasteiger partial charge in [-0.3, -0.25) is 4.79 Å². The number of para-hydroxylation sites is 1. The average Bonchev–Trinajstić information content (AvgIpc) is 3.10. The number of anilines is 1. The highest BCUT2D eigenvalue weighted by Gasteiger charge is 2.14. The van der Waals surface area contributed by atoms with Crippen LogP contribution in [0.25, 0.3) is 0 Å². The van der Waals surface area contributed by atoms with E-state index in [9.17, 15) is 4.79 Å². The maximum atomic E-state index is 12.4. The molecule has 0 unspecified atom stereocenters. The lowest BCUT2D eigenvalue weighted by molar-refractivity contribution is -0.113. The highest BCUT2D eigenvalue weighted by molar-refractivity contribution is 7.99. The Bertz CT molecular complexity index is 1010. The Morgan fingerprint density at radius 1 is 1.17 bits per heavy atom. The second kappa shape index (κ2) is 10.0. The summed E-state index contributed by atoms with van der Waals surface area (Å²) in [5.74, 6) is 8.19. The molecule has 30 heavy (non-hydrogen) atoms. The molecule has 0 radical (unpaired) electrons. The van der Waals surface area contributed by atoms with Crippen LogP contribution >= 0.6 is 11.8 Å². The first-order valence-electron chi connectivity index (χ1n) is 9.45. The van der Waals surface area contributed by atoms with E-state index in [4.69, 9.17) is 15.3 Å². The van der Waals surface area contributed by atoms with Gasteiger partial charge >= 0.3 is 0 Å². The van der Waals surface area contributed by atoms with Crippen molar-refractivity contribution in [2.45, 2.75) is 31.5 Å². The Kier molecular flexibility index (Phi) is 7.18. The third-order valence-corrected chi connectivity index (χ3v) is 5.28. The van der Waals surface area contributed by atoms with Gasteiger partial charge in [-0.25, -0.2) is 4.68 Å². The van der Waals surface area contributed by atoms with Crippen molar-refractivity contribution in [2.75, 3.05) is 24.0 Å². The second-order valence-corrected chi connectivity index (χ2v) is 7.76. The van der Waals surface area contributed by atoms with Crippen LogP contribution in [0.15, 0.2) is 53.7 Å². The molecule has 8 nitrogen and oxygen atoms in total. The van der Waals surface area contributed by atoms with Gasteiger partial charge in [0.05, 0.1) is 12.9 Å².